The topological polar surface area (TPSA) is 6.48 Å². The highest BCUT2D eigenvalue weighted by Gasteiger charge is 2.28. The smallest absolute Gasteiger partial charge is 0.0547 e. The Bertz CT molecular complexity index is 2320. The van der Waals surface area contributed by atoms with Crippen molar-refractivity contribution in [1.82, 2.24) is 0 Å². The van der Waals surface area contributed by atoms with Gasteiger partial charge in [-0.25, -0.2) is 0 Å². The number of benzene rings is 8. The van der Waals surface area contributed by atoms with Crippen molar-refractivity contribution < 1.29 is 0 Å². The van der Waals surface area contributed by atoms with Crippen LogP contribution in [0.15, 0.2) is 182 Å². The molecular formula is C44H30N2. The summed E-state index contributed by atoms with van der Waals surface area (Å²) in [6, 6.07) is 65.7. The van der Waals surface area contributed by atoms with Crippen LogP contribution in [0.5, 0.6) is 0 Å². The molecule has 9 rings (SSSR count). The van der Waals surface area contributed by atoms with Gasteiger partial charge in [-0.05, 0) is 87.4 Å². The van der Waals surface area contributed by atoms with E-state index in [9.17, 15) is 0 Å². The second-order valence-electron chi connectivity index (χ2n) is 11.8. The van der Waals surface area contributed by atoms with Crippen molar-refractivity contribution in [3.63, 3.8) is 0 Å². The van der Waals surface area contributed by atoms with Gasteiger partial charge < -0.3 is 9.80 Å². The van der Waals surface area contributed by atoms with Gasteiger partial charge in [0.05, 0.1) is 11.4 Å². The molecule has 0 N–H and O–H groups in total. The number of rotatable bonds is 5. The monoisotopic (exact) mass is 586 g/mol. The van der Waals surface area contributed by atoms with Crippen LogP contribution < -0.4 is 9.80 Å². The van der Waals surface area contributed by atoms with E-state index in [0.717, 1.165) is 22.7 Å². The quantitative estimate of drug-likeness (QED) is 0.198. The van der Waals surface area contributed by atoms with Gasteiger partial charge in [0.25, 0.3) is 0 Å². The summed E-state index contributed by atoms with van der Waals surface area (Å²) in [6.45, 7) is 0. The molecule has 0 aromatic heterocycles. The van der Waals surface area contributed by atoms with Crippen molar-refractivity contribution >= 4 is 55.7 Å². The maximum Gasteiger partial charge on any atom is 0.0547 e. The van der Waals surface area contributed by atoms with Crippen LogP contribution in [-0.4, -0.2) is 0 Å². The Labute approximate surface area is 269 Å². The molecule has 1 heterocycles. The minimum Gasteiger partial charge on any atom is -0.310 e. The lowest BCUT2D eigenvalue weighted by Crippen LogP contribution is -2.16. The Balaban J connectivity index is 1.37. The Morgan fingerprint density at radius 3 is 1.76 bits per heavy atom. The summed E-state index contributed by atoms with van der Waals surface area (Å²) in [5.41, 5.74) is 11.7. The summed E-state index contributed by atoms with van der Waals surface area (Å²) >= 11 is 0. The van der Waals surface area contributed by atoms with Gasteiger partial charge >= 0.3 is 0 Å². The Hall–Kier alpha value is -6.12. The molecule has 0 spiro atoms. The zero-order chi connectivity index (χ0) is 30.5. The number of hydrogen-bond acceptors (Lipinski definition) is 2. The van der Waals surface area contributed by atoms with Crippen LogP contribution in [0, 0.1) is 0 Å². The first-order valence-corrected chi connectivity index (χ1v) is 15.8. The standard InChI is InChI=1S/C44H30N2/c1-4-14-31(15-5-1)34-28-37(45(35-19-6-2-7-20-35)36-21-8-3-9-22-36)30-38(29-34)46-41-25-13-18-33-17-12-24-40(43(33)41)44-39-23-11-10-16-32(39)26-27-42(44)46/h1-30H. The highest BCUT2D eigenvalue weighted by molar-refractivity contribution is 6.19. The molecule has 2 nitrogen and oxygen atoms in total. The van der Waals surface area contributed by atoms with Crippen molar-refractivity contribution in [1.29, 1.82) is 0 Å². The van der Waals surface area contributed by atoms with Gasteiger partial charge in [0.15, 0.2) is 0 Å². The van der Waals surface area contributed by atoms with Crippen LogP contribution in [0.2, 0.25) is 0 Å². The fourth-order valence-electron chi connectivity index (χ4n) is 7.11. The van der Waals surface area contributed by atoms with Gasteiger partial charge in [-0.1, -0.05) is 127 Å². The summed E-state index contributed by atoms with van der Waals surface area (Å²) in [5.74, 6) is 0. The lowest BCUT2D eigenvalue weighted by Gasteiger charge is -2.35. The molecule has 0 bridgehead atoms. The Kier molecular flexibility index (Phi) is 6.17. The summed E-state index contributed by atoms with van der Waals surface area (Å²) in [7, 11) is 0. The molecule has 1 aliphatic heterocycles. The molecular weight excluding hydrogens is 556 g/mol. The predicted octanol–water partition coefficient (Wildman–Crippen LogP) is 12.6. The van der Waals surface area contributed by atoms with E-state index in [-0.39, 0.29) is 0 Å². The summed E-state index contributed by atoms with van der Waals surface area (Å²) in [4.78, 5) is 4.83. The largest absolute Gasteiger partial charge is 0.310 e. The molecule has 216 valence electrons. The fourth-order valence-corrected chi connectivity index (χ4v) is 7.11. The summed E-state index contributed by atoms with van der Waals surface area (Å²) in [5, 5.41) is 5.04. The first kappa shape index (κ1) is 26.3. The minimum atomic E-state index is 1.10. The van der Waals surface area contributed by atoms with E-state index < -0.39 is 0 Å². The van der Waals surface area contributed by atoms with Crippen molar-refractivity contribution in [2.24, 2.45) is 0 Å². The van der Waals surface area contributed by atoms with Gasteiger partial charge in [-0.15, -0.1) is 0 Å². The maximum absolute atomic E-state index is 2.47. The predicted molar refractivity (Wildman–Crippen MR) is 195 cm³/mol. The molecule has 8 aromatic carbocycles. The average Bonchev–Trinajstić information content (AvgIpc) is 3.13. The normalized spacial score (nSPS) is 11.9. The van der Waals surface area contributed by atoms with Gasteiger partial charge in [0.2, 0.25) is 0 Å². The third-order valence-corrected chi connectivity index (χ3v) is 9.10. The molecule has 8 aromatic rings. The van der Waals surface area contributed by atoms with Gasteiger partial charge in [-0.3, -0.25) is 0 Å². The van der Waals surface area contributed by atoms with Crippen molar-refractivity contribution in [2.45, 2.75) is 0 Å². The average molecular weight is 587 g/mol. The van der Waals surface area contributed by atoms with Crippen molar-refractivity contribution in [3.05, 3.63) is 182 Å². The molecule has 0 amide bonds. The summed E-state index contributed by atoms with van der Waals surface area (Å²) in [6.07, 6.45) is 0. The third kappa shape index (κ3) is 4.27. The third-order valence-electron chi connectivity index (χ3n) is 9.10. The van der Waals surface area contributed by atoms with Crippen LogP contribution in [0.1, 0.15) is 0 Å². The van der Waals surface area contributed by atoms with E-state index in [1.54, 1.807) is 0 Å². The lowest BCUT2D eigenvalue weighted by molar-refractivity contribution is 1.25. The number of nitrogens with zero attached hydrogens (tertiary/aromatic N) is 2. The number of anilines is 6. The molecule has 0 saturated carbocycles. The molecule has 0 aliphatic carbocycles. The second kappa shape index (κ2) is 10.8. The van der Waals surface area contributed by atoms with Gasteiger partial charge in [0.1, 0.15) is 0 Å². The first-order valence-electron chi connectivity index (χ1n) is 15.8. The maximum atomic E-state index is 2.47. The highest BCUT2D eigenvalue weighted by Crippen LogP contribution is 2.54. The molecule has 0 unspecified atom stereocenters. The number of para-hydroxylation sites is 2. The zero-order valence-corrected chi connectivity index (χ0v) is 25.2. The molecule has 0 atom stereocenters. The number of fused-ring (bicyclic) bond motifs is 4. The summed E-state index contributed by atoms with van der Waals surface area (Å²) < 4.78 is 0. The first-order chi connectivity index (χ1) is 22.8. The van der Waals surface area contributed by atoms with Crippen molar-refractivity contribution in [3.8, 4) is 22.3 Å². The van der Waals surface area contributed by atoms with E-state index in [1.807, 2.05) is 0 Å². The zero-order valence-electron chi connectivity index (χ0n) is 25.2. The van der Waals surface area contributed by atoms with Crippen molar-refractivity contribution in [2.75, 3.05) is 9.80 Å². The Morgan fingerprint density at radius 2 is 1.02 bits per heavy atom. The van der Waals surface area contributed by atoms with Gasteiger partial charge in [0, 0.05) is 33.7 Å². The fraction of sp³-hybridized carbons (Fsp3) is 0. The molecule has 46 heavy (non-hydrogen) atoms. The lowest BCUT2D eigenvalue weighted by atomic mass is 9.87. The minimum absolute atomic E-state index is 1.10. The molecule has 2 heteroatoms. The molecule has 1 aliphatic rings. The second-order valence-corrected chi connectivity index (χ2v) is 11.8. The van der Waals surface area contributed by atoms with Crippen LogP contribution in [0.25, 0.3) is 43.8 Å². The van der Waals surface area contributed by atoms with Crippen LogP contribution >= 0.6 is 0 Å². The highest BCUT2D eigenvalue weighted by atomic mass is 15.2. The molecule has 0 fully saturated rings. The van der Waals surface area contributed by atoms with E-state index in [0.29, 0.717) is 0 Å². The van der Waals surface area contributed by atoms with Gasteiger partial charge in [-0.2, -0.15) is 0 Å². The van der Waals surface area contributed by atoms with Crippen LogP contribution in [0.3, 0.4) is 0 Å². The van der Waals surface area contributed by atoms with E-state index in [4.69, 9.17) is 0 Å². The van der Waals surface area contributed by atoms with Crippen LogP contribution in [0.4, 0.5) is 34.1 Å². The molecule has 0 saturated heterocycles. The van der Waals surface area contributed by atoms with E-state index in [2.05, 4.69) is 192 Å². The van der Waals surface area contributed by atoms with E-state index in [1.165, 1.54) is 55.2 Å². The number of hydrogen-bond donors (Lipinski definition) is 0. The van der Waals surface area contributed by atoms with E-state index >= 15 is 0 Å². The van der Waals surface area contributed by atoms with Crippen LogP contribution in [-0.2, 0) is 0 Å². The SMILES string of the molecule is c1ccc(-c2cc(N(c3ccccc3)c3ccccc3)cc(N3c4ccc5ccccc5c4-c4cccc5cccc3c45)c2)cc1. The Morgan fingerprint density at radius 1 is 0.391 bits per heavy atom. The molecule has 0 radical (unpaired) electrons.